The molecule has 0 spiro atoms. The predicted octanol–water partition coefficient (Wildman–Crippen LogP) is 2.02. The summed E-state index contributed by atoms with van der Waals surface area (Å²) in [7, 11) is 1.52. The van der Waals surface area contributed by atoms with E-state index in [1.165, 1.54) is 7.11 Å². The molecule has 1 heterocycles. The van der Waals surface area contributed by atoms with Gasteiger partial charge in [-0.25, -0.2) is 0 Å². The van der Waals surface area contributed by atoms with Crippen LogP contribution in [-0.2, 0) is 4.74 Å². The van der Waals surface area contributed by atoms with Crippen LogP contribution in [0.2, 0.25) is 5.02 Å². The average Bonchev–Trinajstić information content (AvgIpc) is 2.46. The smallest absolute Gasteiger partial charge is 0.253 e. The van der Waals surface area contributed by atoms with Crippen LogP contribution in [0.3, 0.4) is 0 Å². The second kappa shape index (κ2) is 7.36. The van der Waals surface area contributed by atoms with Gasteiger partial charge in [-0.15, -0.1) is 0 Å². The lowest BCUT2D eigenvalue weighted by Gasteiger charge is -2.11. The van der Waals surface area contributed by atoms with Gasteiger partial charge in [0.15, 0.2) is 0 Å². The summed E-state index contributed by atoms with van der Waals surface area (Å²) in [5.74, 6) is -0.259. The van der Waals surface area contributed by atoms with Gasteiger partial charge in [0, 0.05) is 30.3 Å². The van der Waals surface area contributed by atoms with Crippen molar-refractivity contribution in [3.8, 4) is 0 Å². The van der Waals surface area contributed by atoms with Crippen LogP contribution in [0, 0.1) is 0 Å². The first-order valence-corrected chi connectivity index (χ1v) is 6.99. The van der Waals surface area contributed by atoms with Crippen molar-refractivity contribution >= 4 is 28.4 Å². The number of aliphatic hydroxyl groups is 1. The molecule has 2 rings (SSSR count). The lowest BCUT2D eigenvalue weighted by Crippen LogP contribution is -2.28. The highest BCUT2D eigenvalue weighted by atomic mass is 35.5. The summed E-state index contributed by atoms with van der Waals surface area (Å²) in [6.07, 6.45) is 1.46. The van der Waals surface area contributed by atoms with E-state index in [2.05, 4.69) is 10.3 Å². The molecule has 0 fully saturated rings. The summed E-state index contributed by atoms with van der Waals surface area (Å²) < 4.78 is 4.83. The van der Waals surface area contributed by atoms with E-state index >= 15 is 0 Å². The van der Waals surface area contributed by atoms with Crippen molar-refractivity contribution in [3.63, 3.8) is 0 Å². The maximum Gasteiger partial charge on any atom is 0.253 e. The fraction of sp³-hybridized carbons (Fsp3) is 0.333. The van der Waals surface area contributed by atoms with Crippen molar-refractivity contribution in [1.29, 1.82) is 0 Å². The number of rotatable bonds is 6. The van der Waals surface area contributed by atoms with Gasteiger partial charge in [-0.2, -0.15) is 0 Å². The molecular formula is C15H17ClN2O3. The number of halogens is 1. The summed E-state index contributed by atoms with van der Waals surface area (Å²) in [4.78, 5) is 16.5. The number of amides is 1. The second-order valence-electron chi connectivity index (χ2n) is 4.68. The lowest BCUT2D eigenvalue weighted by atomic mass is 10.1. The van der Waals surface area contributed by atoms with Gasteiger partial charge >= 0.3 is 0 Å². The van der Waals surface area contributed by atoms with Crippen LogP contribution in [0.5, 0.6) is 0 Å². The minimum absolute atomic E-state index is 0.248. The Kier molecular flexibility index (Phi) is 5.50. The maximum absolute atomic E-state index is 12.2. The van der Waals surface area contributed by atoms with E-state index in [-0.39, 0.29) is 12.5 Å². The number of fused-ring (bicyclic) bond motifs is 1. The first-order chi connectivity index (χ1) is 10.1. The number of hydrogen-bond acceptors (Lipinski definition) is 4. The summed E-state index contributed by atoms with van der Waals surface area (Å²) in [5.41, 5.74) is 1.04. The number of aromatic nitrogens is 1. The fourth-order valence-electron chi connectivity index (χ4n) is 2.05. The van der Waals surface area contributed by atoms with Gasteiger partial charge in [0.2, 0.25) is 0 Å². The first kappa shape index (κ1) is 15.7. The third-order valence-electron chi connectivity index (χ3n) is 3.04. The number of carbonyl (C=O) groups excluding carboxylic acids is 1. The third-order valence-corrected chi connectivity index (χ3v) is 3.25. The highest BCUT2D eigenvalue weighted by Gasteiger charge is 2.13. The van der Waals surface area contributed by atoms with Gasteiger partial charge < -0.3 is 15.2 Å². The van der Waals surface area contributed by atoms with E-state index < -0.39 is 6.10 Å². The molecule has 0 saturated heterocycles. The van der Waals surface area contributed by atoms with Gasteiger partial charge in [-0.3, -0.25) is 9.78 Å². The van der Waals surface area contributed by atoms with Crippen LogP contribution in [0.4, 0.5) is 0 Å². The molecule has 1 aromatic carbocycles. The van der Waals surface area contributed by atoms with Crippen molar-refractivity contribution in [2.45, 2.75) is 12.5 Å². The monoisotopic (exact) mass is 308 g/mol. The van der Waals surface area contributed by atoms with E-state index in [0.29, 0.717) is 29.1 Å². The van der Waals surface area contributed by atoms with Crippen molar-refractivity contribution in [1.82, 2.24) is 10.3 Å². The zero-order valence-corrected chi connectivity index (χ0v) is 12.4. The molecule has 112 valence electrons. The maximum atomic E-state index is 12.2. The predicted molar refractivity (Wildman–Crippen MR) is 81.6 cm³/mol. The minimum Gasteiger partial charge on any atom is -0.391 e. The Morgan fingerprint density at radius 1 is 1.52 bits per heavy atom. The highest BCUT2D eigenvalue weighted by Crippen LogP contribution is 2.22. The Morgan fingerprint density at radius 3 is 3.10 bits per heavy atom. The lowest BCUT2D eigenvalue weighted by molar-refractivity contribution is 0.0588. The summed E-state index contributed by atoms with van der Waals surface area (Å²) in [5, 5.41) is 13.6. The van der Waals surface area contributed by atoms with Crippen LogP contribution in [0.15, 0.2) is 30.5 Å². The molecule has 1 aromatic heterocycles. The first-order valence-electron chi connectivity index (χ1n) is 6.61. The minimum atomic E-state index is -0.593. The fourth-order valence-corrected chi connectivity index (χ4v) is 2.28. The van der Waals surface area contributed by atoms with Crippen molar-refractivity contribution in [2.24, 2.45) is 0 Å². The number of benzene rings is 1. The SMILES string of the molecule is COCC(O)CCNC(=O)c1cc(Cl)cc2cccnc12. The quantitative estimate of drug-likeness (QED) is 0.856. The molecule has 6 heteroatoms. The summed E-state index contributed by atoms with van der Waals surface area (Å²) in [6.45, 7) is 0.599. The molecule has 2 aromatic rings. The van der Waals surface area contributed by atoms with E-state index in [9.17, 15) is 9.90 Å². The standard InChI is InChI=1S/C15H17ClN2O3/c1-21-9-12(19)4-6-18-15(20)13-8-11(16)7-10-3-2-5-17-14(10)13/h2-3,5,7-8,12,19H,4,6,9H2,1H3,(H,18,20). The van der Waals surface area contributed by atoms with Gasteiger partial charge in [0.05, 0.1) is 23.8 Å². The van der Waals surface area contributed by atoms with E-state index in [0.717, 1.165) is 5.39 Å². The molecular weight excluding hydrogens is 292 g/mol. The molecule has 0 aliphatic carbocycles. The Bertz CT molecular complexity index is 633. The van der Waals surface area contributed by atoms with E-state index in [4.69, 9.17) is 16.3 Å². The van der Waals surface area contributed by atoms with Gasteiger partial charge in [-0.05, 0) is 24.6 Å². The number of ether oxygens (including phenoxy) is 1. The molecule has 0 radical (unpaired) electrons. The average molecular weight is 309 g/mol. The van der Waals surface area contributed by atoms with Crippen LogP contribution in [0.25, 0.3) is 10.9 Å². The van der Waals surface area contributed by atoms with Crippen LogP contribution < -0.4 is 5.32 Å². The Labute approximate surface area is 127 Å². The number of pyridine rings is 1. The number of carbonyl (C=O) groups is 1. The van der Waals surface area contributed by atoms with Gasteiger partial charge in [0.25, 0.3) is 5.91 Å². The van der Waals surface area contributed by atoms with E-state index in [1.54, 1.807) is 24.4 Å². The Balaban J connectivity index is 2.09. The van der Waals surface area contributed by atoms with Crippen molar-refractivity contribution in [2.75, 3.05) is 20.3 Å². The Morgan fingerprint density at radius 2 is 2.33 bits per heavy atom. The number of aliphatic hydroxyl groups excluding tert-OH is 1. The molecule has 0 aliphatic rings. The largest absolute Gasteiger partial charge is 0.391 e. The van der Waals surface area contributed by atoms with Crippen molar-refractivity contribution in [3.05, 3.63) is 41.0 Å². The number of nitrogens with zero attached hydrogens (tertiary/aromatic N) is 1. The summed E-state index contributed by atoms with van der Waals surface area (Å²) in [6, 6.07) is 7.01. The third kappa shape index (κ3) is 4.14. The molecule has 2 N–H and O–H groups in total. The topological polar surface area (TPSA) is 71.5 Å². The van der Waals surface area contributed by atoms with Gasteiger partial charge in [-0.1, -0.05) is 17.7 Å². The molecule has 0 bridgehead atoms. The zero-order valence-electron chi connectivity index (χ0n) is 11.7. The molecule has 1 atom stereocenters. The number of methoxy groups -OCH3 is 1. The molecule has 0 aliphatic heterocycles. The number of hydrogen-bond donors (Lipinski definition) is 2. The highest BCUT2D eigenvalue weighted by molar-refractivity contribution is 6.32. The normalized spacial score (nSPS) is 12.3. The van der Waals surface area contributed by atoms with Crippen LogP contribution in [0.1, 0.15) is 16.8 Å². The molecule has 21 heavy (non-hydrogen) atoms. The Hall–Kier alpha value is -1.69. The molecule has 1 unspecified atom stereocenters. The summed E-state index contributed by atoms with van der Waals surface area (Å²) >= 11 is 6.03. The van der Waals surface area contributed by atoms with Crippen LogP contribution in [-0.4, -0.2) is 42.4 Å². The number of nitrogens with one attached hydrogen (secondary N) is 1. The van der Waals surface area contributed by atoms with Crippen molar-refractivity contribution < 1.29 is 14.6 Å². The van der Waals surface area contributed by atoms with Crippen LogP contribution >= 0.6 is 11.6 Å². The second-order valence-corrected chi connectivity index (χ2v) is 5.12. The zero-order chi connectivity index (χ0) is 15.2. The van der Waals surface area contributed by atoms with Gasteiger partial charge in [0.1, 0.15) is 0 Å². The van der Waals surface area contributed by atoms with E-state index in [1.807, 2.05) is 6.07 Å². The molecule has 1 amide bonds. The molecule has 5 nitrogen and oxygen atoms in total. The molecule has 0 saturated carbocycles.